The number of amides is 1. The zero-order valence-corrected chi connectivity index (χ0v) is 12.7. The molecule has 1 aliphatic heterocycles. The number of carbonyl (C=O) groups is 1. The van der Waals surface area contributed by atoms with Crippen molar-refractivity contribution in [2.75, 3.05) is 30.4 Å². The number of anilines is 2. The summed E-state index contributed by atoms with van der Waals surface area (Å²) in [4.78, 5) is 13.9. The molecule has 3 N–H and O–H groups in total. The quantitative estimate of drug-likeness (QED) is 0.775. The second-order valence-electron chi connectivity index (χ2n) is 5.11. The summed E-state index contributed by atoms with van der Waals surface area (Å²) in [6.45, 7) is 4.62. The molecular formula is C14H20ClN3O2. The SMILES string of the molecule is CNC1C(=O)Nc2cc(N(CCO)C(C)C)c(Cl)cc21. The molecule has 5 nitrogen and oxygen atoms in total. The first-order valence-electron chi connectivity index (χ1n) is 6.68. The van der Waals surface area contributed by atoms with Crippen LogP contribution in [0.4, 0.5) is 11.4 Å². The number of nitrogens with one attached hydrogen (secondary N) is 2. The number of aliphatic hydroxyl groups excluding tert-OH is 1. The lowest BCUT2D eigenvalue weighted by Gasteiger charge is -2.29. The molecule has 0 spiro atoms. The van der Waals surface area contributed by atoms with Gasteiger partial charge in [-0.3, -0.25) is 4.79 Å². The summed E-state index contributed by atoms with van der Waals surface area (Å²) in [5.41, 5.74) is 2.46. The van der Waals surface area contributed by atoms with Crippen molar-refractivity contribution in [1.82, 2.24) is 5.32 Å². The summed E-state index contributed by atoms with van der Waals surface area (Å²) in [6.07, 6.45) is 0. The van der Waals surface area contributed by atoms with Gasteiger partial charge < -0.3 is 20.6 Å². The number of fused-ring (bicyclic) bond motifs is 1. The lowest BCUT2D eigenvalue weighted by molar-refractivity contribution is -0.117. The monoisotopic (exact) mass is 297 g/mol. The largest absolute Gasteiger partial charge is 0.395 e. The Balaban J connectivity index is 2.43. The third kappa shape index (κ3) is 2.61. The first-order valence-corrected chi connectivity index (χ1v) is 7.06. The number of likely N-dealkylation sites (N-methyl/N-ethyl adjacent to an activating group) is 1. The topological polar surface area (TPSA) is 64.6 Å². The molecule has 0 bridgehead atoms. The summed E-state index contributed by atoms with van der Waals surface area (Å²) >= 11 is 6.36. The van der Waals surface area contributed by atoms with Crippen LogP contribution in [0.1, 0.15) is 25.5 Å². The maximum atomic E-state index is 11.8. The number of halogens is 1. The Morgan fingerprint density at radius 3 is 2.75 bits per heavy atom. The average molecular weight is 298 g/mol. The smallest absolute Gasteiger partial charge is 0.246 e. The van der Waals surface area contributed by atoms with E-state index in [2.05, 4.69) is 10.6 Å². The van der Waals surface area contributed by atoms with Gasteiger partial charge in [0.05, 0.1) is 17.3 Å². The van der Waals surface area contributed by atoms with Gasteiger partial charge in [0.2, 0.25) is 5.91 Å². The lowest BCUT2D eigenvalue weighted by atomic mass is 10.1. The molecular weight excluding hydrogens is 278 g/mol. The van der Waals surface area contributed by atoms with E-state index in [4.69, 9.17) is 11.6 Å². The number of nitrogens with zero attached hydrogens (tertiary/aromatic N) is 1. The molecule has 2 rings (SSSR count). The zero-order valence-electron chi connectivity index (χ0n) is 11.9. The minimum Gasteiger partial charge on any atom is -0.395 e. The Bertz CT molecular complexity index is 519. The summed E-state index contributed by atoms with van der Waals surface area (Å²) in [6, 6.07) is 3.54. The fraction of sp³-hybridized carbons (Fsp3) is 0.500. The van der Waals surface area contributed by atoms with Crippen LogP contribution in [-0.4, -0.2) is 37.3 Å². The molecule has 1 aromatic rings. The Morgan fingerprint density at radius 1 is 1.50 bits per heavy atom. The van der Waals surface area contributed by atoms with E-state index in [1.54, 1.807) is 7.05 Å². The fourth-order valence-electron chi connectivity index (χ4n) is 2.54. The van der Waals surface area contributed by atoms with Crippen LogP contribution >= 0.6 is 11.6 Å². The number of rotatable bonds is 5. The van der Waals surface area contributed by atoms with Crippen LogP contribution in [0, 0.1) is 0 Å². The molecule has 1 aliphatic rings. The van der Waals surface area contributed by atoms with Crippen molar-refractivity contribution in [3.05, 3.63) is 22.7 Å². The van der Waals surface area contributed by atoms with Gasteiger partial charge in [0, 0.05) is 23.8 Å². The van der Waals surface area contributed by atoms with Gasteiger partial charge in [-0.25, -0.2) is 0 Å². The third-order valence-electron chi connectivity index (χ3n) is 3.51. The molecule has 1 atom stereocenters. The Labute approximate surface area is 123 Å². The van der Waals surface area contributed by atoms with Crippen LogP contribution in [-0.2, 0) is 4.79 Å². The standard InChI is InChI=1S/C14H20ClN3O2/c1-8(2)18(4-5-19)12-7-11-9(6-10(12)15)13(16-3)14(20)17-11/h6-8,13,16,19H,4-5H2,1-3H3,(H,17,20). The molecule has 1 unspecified atom stereocenters. The summed E-state index contributed by atoms with van der Waals surface area (Å²) in [5.74, 6) is -0.0750. The van der Waals surface area contributed by atoms with Crippen LogP contribution in [0.25, 0.3) is 0 Å². The molecule has 0 radical (unpaired) electrons. The van der Waals surface area contributed by atoms with E-state index in [1.807, 2.05) is 30.9 Å². The Hall–Kier alpha value is -1.30. The van der Waals surface area contributed by atoms with Crippen molar-refractivity contribution >= 4 is 28.9 Å². The lowest BCUT2D eigenvalue weighted by Crippen LogP contribution is -2.33. The normalized spacial score (nSPS) is 17.3. The van der Waals surface area contributed by atoms with Gasteiger partial charge in [-0.05, 0) is 33.0 Å². The number of hydrogen-bond acceptors (Lipinski definition) is 4. The molecule has 6 heteroatoms. The van der Waals surface area contributed by atoms with Gasteiger partial charge in [0.1, 0.15) is 6.04 Å². The highest BCUT2D eigenvalue weighted by Gasteiger charge is 2.31. The van der Waals surface area contributed by atoms with Gasteiger partial charge in [0.25, 0.3) is 0 Å². The third-order valence-corrected chi connectivity index (χ3v) is 3.82. The number of hydrogen-bond donors (Lipinski definition) is 3. The fourth-order valence-corrected chi connectivity index (χ4v) is 2.82. The molecule has 0 fully saturated rings. The number of aliphatic hydroxyl groups is 1. The summed E-state index contributed by atoms with van der Waals surface area (Å²) < 4.78 is 0. The molecule has 1 amide bonds. The van der Waals surface area contributed by atoms with Crippen LogP contribution in [0.15, 0.2) is 12.1 Å². The number of benzene rings is 1. The summed E-state index contributed by atoms with van der Waals surface area (Å²) in [5, 5.41) is 15.6. The van der Waals surface area contributed by atoms with E-state index in [9.17, 15) is 9.90 Å². The molecule has 110 valence electrons. The molecule has 1 aromatic carbocycles. The second kappa shape index (κ2) is 5.99. The van der Waals surface area contributed by atoms with Crippen molar-refractivity contribution in [2.45, 2.75) is 25.9 Å². The minimum absolute atomic E-state index is 0.0527. The van der Waals surface area contributed by atoms with Crippen molar-refractivity contribution in [1.29, 1.82) is 0 Å². The van der Waals surface area contributed by atoms with E-state index in [-0.39, 0.29) is 24.6 Å². The predicted octanol–water partition coefficient (Wildman–Crippen LogP) is 1.76. The first kappa shape index (κ1) is 15.1. The molecule has 0 saturated carbocycles. The van der Waals surface area contributed by atoms with Crippen LogP contribution in [0.2, 0.25) is 5.02 Å². The molecule has 1 heterocycles. The van der Waals surface area contributed by atoms with E-state index >= 15 is 0 Å². The highest BCUT2D eigenvalue weighted by molar-refractivity contribution is 6.33. The number of carbonyl (C=O) groups excluding carboxylic acids is 1. The van der Waals surface area contributed by atoms with E-state index in [1.165, 1.54) is 0 Å². The van der Waals surface area contributed by atoms with Crippen molar-refractivity contribution in [3.8, 4) is 0 Å². The molecule has 0 aromatic heterocycles. The van der Waals surface area contributed by atoms with Gasteiger partial charge in [-0.15, -0.1) is 0 Å². The summed E-state index contributed by atoms with van der Waals surface area (Å²) in [7, 11) is 1.74. The predicted molar refractivity (Wildman–Crippen MR) is 81.5 cm³/mol. The van der Waals surface area contributed by atoms with Crippen LogP contribution < -0.4 is 15.5 Å². The minimum atomic E-state index is -0.359. The average Bonchev–Trinajstić information content (AvgIpc) is 2.69. The van der Waals surface area contributed by atoms with E-state index in [0.717, 1.165) is 16.9 Å². The van der Waals surface area contributed by atoms with Crippen LogP contribution in [0.5, 0.6) is 0 Å². The van der Waals surface area contributed by atoms with E-state index in [0.29, 0.717) is 11.6 Å². The van der Waals surface area contributed by atoms with Crippen molar-refractivity contribution < 1.29 is 9.90 Å². The van der Waals surface area contributed by atoms with Gasteiger partial charge in [-0.2, -0.15) is 0 Å². The maximum absolute atomic E-state index is 11.8. The van der Waals surface area contributed by atoms with Gasteiger partial charge >= 0.3 is 0 Å². The molecule has 0 saturated heterocycles. The van der Waals surface area contributed by atoms with Gasteiger partial charge in [0.15, 0.2) is 0 Å². The zero-order chi connectivity index (χ0) is 14.9. The van der Waals surface area contributed by atoms with E-state index < -0.39 is 0 Å². The van der Waals surface area contributed by atoms with Gasteiger partial charge in [-0.1, -0.05) is 11.6 Å². The molecule has 0 aliphatic carbocycles. The van der Waals surface area contributed by atoms with Crippen molar-refractivity contribution in [2.24, 2.45) is 0 Å². The first-order chi connectivity index (χ1) is 9.49. The Morgan fingerprint density at radius 2 is 2.20 bits per heavy atom. The molecule has 20 heavy (non-hydrogen) atoms. The highest BCUT2D eigenvalue weighted by atomic mass is 35.5. The highest BCUT2D eigenvalue weighted by Crippen LogP contribution is 2.39. The van der Waals surface area contributed by atoms with Crippen molar-refractivity contribution in [3.63, 3.8) is 0 Å². The second-order valence-corrected chi connectivity index (χ2v) is 5.52. The van der Waals surface area contributed by atoms with Crippen LogP contribution in [0.3, 0.4) is 0 Å². The maximum Gasteiger partial charge on any atom is 0.246 e. The Kier molecular flexibility index (Phi) is 4.52.